The lowest BCUT2D eigenvalue weighted by molar-refractivity contribution is 0.839. The molecule has 0 aliphatic carbocycles. The van der Waals surface area contributed by atoms with Gasteiger partial charge in [-0.15, -0.1) is 0 Å². The van der Waals surface area contributed by atoms with Crippen LogP contribution >= 0.6 is 0 Å². The Morgan fingerprint density at radius 1 is 0.952 bits per heavy atom. The summed E-state index contributed by atoms with van der Waals surface area (Å²) < 4.78 is 1.42. The van der Waals surface area contributed by atoms with Crippen molar-refractivity contribution in [1.29, 1.82) is 0 Å². The van der Waals surface area contributed by atoms with Gasteiger partial charge in [-0.25, -0.2) is 14.7 Å². The zero-order valence-corrected chi connectivity index (χ0v) is 11.8. The average molecular weight is 276 g/mol. The van der Waals surface area contributed by atoms with E-state index in [1.54, 1.807) is 6.20 Å². The molecular weight excluding hydrogens is 260 g/mol. The van der Waals surface area contributed by atoms with E-state index in [1.165, 1.54) is 10.2 Å². The first-order valence-electron chi connectivity index (χ1n) is 6.74. The fourth-order valence-electron chi connectivity index (χ4n) is 2.01. The van der Waals surface area contributed by atoms with Gasteiger partial charge in [-0.3, -0.25) is 0 Å². The molecule has 3 aromatic rings. The number of hydrogen-bond acceptors (Lipinski definition) is 3. The first kappa shape index (κ1) is 13.1. The Labute approximate surface area is 123 Å². The summed E-state index contributed by atoms with van der Waals surface area (Å²) in [5.41, 5.74) is 4.42. The summed E-state index contributed by atoms with van der Waals surface area (Å²) in [6, 6.07) is 19.8. The Kier molecular flexibility index (Phi) is 3.51. The summed E-state index contributed by atoms with van der Waals surface area (Å²) in [5.74, 6) is 5.90. The van der Waals surface area contributed by atoms with E-state index < -0.39 is 0 Å². The third-order valence-corrected chi connectivity index (χ3v) is 3.18. The van der Waals surface area contributed by atoms with E-state index in [9.17, 15) is 0 Å². The van der Waals surface area contributed by atoms with Crippen molar-refractivity contribution in [1.82, 2.24) is 9.66 Å². The largest absolute Gasteiger partial charge is 0.337 e. The number of nitrogen functional groups attached to an aromatic ring is 1. The molecule has 0 saturated heterocycles. The van der Waals surface area contributed by atoms with Gasteiger partial charge in [0.25, 0.3) is 0 Å². The SMILES string of the molecule is Cc1ccc(-c2ccn(N)c(=Nc3ccccc3)n2)cc1. The Morgan fingerprint density at radius 3 is 2.38 bits per heavy atom. The zero-order chi connectivity index (χ0) is 14.7. The number of rotatable bonds is 2. The second kappa shape index (κ2) is 5.63. The lowest BCUT2D eigenvalue weighted by Crippen LogP contribution is -2.30. The highest BCUT2D eigenvalue weighted by molar-refractivity contribution is 5.58. The molecule has 0 fully saturated rings. The molecular formula is C17H16N4. The molecule has 4 heteroatoms. The van der Waals surface area contributed by atoms with Crippen molar-refractivity contribution in [2.45, 2.75) is 6.92 Å². The number of para-hydroxylation sites is 1. The zero-order valence-electron chi connectivity index (χ0n) is 11.8. The Hall–Kier alpha value is -2.88. The predicted octanol–water partition coefficient (Wildman–Crippen LogP) is 2.80. The minimum Gasteiger partial charge on any atom is -0.337 e. The molecule has 3 rings (SSSR count). The lowest BCUT2D eigenvalue weighted by Gasteiger charge is -2.04. The highest BCUT2D eigenvalue weighted by Gasteiger charge is 2.01. The van der Waals surface area contributed by atoms with Gasteiger partial charge in [0, 0.05) is 11.8 Å². The summed E-state index contributed by atoms with van der Waals surface area (Å²) in [6.45, 7) is 2.06. The van der Waals surface area contributed by atoms with E-state index in [2.05, 4.69) is 29.0 Å². The van der Waals surface area contributed by atoms with Crippen LogP contribution in [0.15, 0.2) is 71.9 Å². The van der Waals surface area contributed by atoms with E-state index >= 15 is 0 Å². The van der Waals surface area contributed by atoms with Crippen molar-refractivity contribution in [2.24, 2.45) is 4.99 Å². The molecule has 0 atom stereocenters. The molecule has 0 aliphatic heterocycles. The van der Waals surface area contributed by atoms with Gasteiger partial charge in [-0.1, -0.05) is 48.0 Å². The maximum atomic E-state index is 5.90. The van der Waals surface area contributed by atoms with Crippen LogP contribution in [0.4, 0.5) is 5.69 Å². The van der Waals surface area contributed by atoms with Crippen LogP contribution in [-0.4, -0.2) is 9.66 Å². The van der Waals surface area contributed by atoms with Crippen LogP contribution in [0.1, 0.15) is 5.56 Å². The van der Waals surface area contributed by atoms with Gasteiger partial charge >= 0.3 is 0 Å². The van der Waals surface area contributed by atoms with Gasteiger partial charge < -0.3 is 5.84 Å². The van der Waals surface area contributed by atoms with E-state index in [4.69, 9.17) is 5.84 Å². The number of aromatic nitrogens is 2. The average Bonchev–Trinajstić information content (AvgIpc) is 2.51. The van der Waals surface area contributed by atoms with Crippen LogP contribution in [0.25, 0.3) is 11.3 Å². The lowest BCUT2D eigenvalue weighted by atomic mass is 10.1. The van der Waals surface area contributed by atoms with Gasteiger partial charge in [0.2, 0.25) is 5.62 Å². The first-order valence-corrected chi connectivity index (χ1v) is 6.74. The maximum absolute atomic E-state index is 5.90. The molecule has 0 bridgehead atoms. The number of nitrogens with two attached hydrogens (primary N) is 1. The second-order valence-corrected chi connectivity index (χ2v) is 4.83. The molecule has 0 amide bonds. The van der Waals surface area contributed by atoms with Gasteiger partial charge in [-0.2, -0.15) is 0 Å². The summed E-state index contributed by atoms with van der Waals surface area (Å²) in [7, 11) is 0. The van der Waals surface area contributed by atoms with Crippen LogP contribution in [0, 0.1) is 6.92 Å². The van der Waals surface area contributed by atoms with Gasteiger partial charge in [0.05, 0.1) is 11.4 Å². The van der Waals surface area contributed by atoms with Crippen LogP contribution in [0.3, 0.4) is 0 Å². The van der Waals surface area contributed by atoms with Crippen LogP contribution in [0.5, 0.6) is 0 Å². The second-order valence-electron chi connectivity index (χ2n) is 4.83. The van der Waals surface area contributed by atoms with Crippen molar-refractivity contribution in [2.75, 3.05) is 5.84 Å². The summed E-state index contributed by atoms with van der Waals surface area (Å²) in [6.07, 6.45) is 1.77. The summed E-state index contributed by atoms with van der Waals surface area (Å²) in [4.78, 5) is 9.01. The standard InChI is InChI=1S/C17H16N4/c1-13-7-9-14(10-8-13)16-11-12-21(18)17(20-16)19-15-5-3-2-4-6-15/h2-12H,18H2,1H3. The minimum absolute atomic E-state index is 0.472. The van der Waals surface area contributed by atoms with Gasteiger partial charge in [0.15, 0.2) is 0 Å². The van der Waals surface area contributed by atoms with Crippen molar-refractivity contribution in [3.8, 4) is 11.3 Å². The Morgan fingerprint density at radius 2 is 1.67 bits per heavy atom. The van der Waals surface area contributed by atoms with Gasteiger partial charge in [0.1, 0.15) is 0 Å². The normalized spacial score (nSPS) is 11.6. The van der Waals surface area contributed by atoms with Crippen LogP contribution < -0.4 is 11.5 Å². The Balaban J connectivity index is 2.08. The third-order valence-electron chi connectivity index (χ3n) is 3.18. The predicted molar refractivity (Wildman–Crippen MR) is 84.2 cm³/mol. The fraction of sp³-hybridized carbons (Fsp3) is 0.0588. The quantitative estimate of drug-likeness (QED) is 0.732. The molecule has 0 aliphatic rings. The molecule has 4 nitrogen and oxygen atoms in total. The topological polar surface area (TPSA) is 56.2 Å². The molecule has 0 unspecified atom stereocenters. The summed E-state index contributed by atoms with van der Waals surface area (Å²) >= 11 is 0. The number of hydrogen-bond donors (Lipinski definition) is 1. The maximum Gasteiger partial charge on any atom is 0.249 e. The monoisotopic (exact) mass is 276 g/mol. The fourth-order valence-corrected chi connectivity index (χ4v) is 2.01. The highest BCUT2D eigenvalue weighted by atomic mass is 15.3. The van der Waals surface area contributed by atoms with Crippen molar-refractivity contribution in [3.05, 3.63) is 78.0 Å². The number of benzene rings is 2. The van der Waals surface area contributed by atoms with Gasteiger partial charge in [-0.05, 0) is 25.1 Å². The van der Waals surface area contributed by atoms with Crippen LogP contribution in [0.2, 0.25) is 0 Å². The van der Waals surface area contributed by atoms with Crippen molar-refractivity contribution < 1.29 is 0 Å². The summed E-state index contributed by atoms with van der Waals surface area (Å²) in [5, 5.41) is 0. The Bertz CT molecular complexity index is 802. The molecule has 104 valence electrons. The highest BCUT2D eigenvalue weighted by Crippen LogP contribution is 2.15. The third kappa shape index (κ3) is 3.00. The van der Waals surface area contributed by atoms with Crippen LogP contribution in [-0.2, 0) is 0 Å². The van der Waals surface area contributed by atoms with E-state index in [0.29, 0.717) is 5.62 Å². The minimum atomic E-state index is 0.472. The van der Waals surface area contributed by atoms with Crippen molar-refractivity contribution >= 4 is 5.69 Å². The molecule has 0 spiro atoms. The number of aryl methyl sites for hydroxylation is 1. The van der Waals surface area contributed by atoms with Crippen molar-refractivity contribution in [3.63, 3.8) is 0 Å². The number of nitrogens with zero attached hydrogens (tertiary/aromatic N) is 3. The smallest absolute Gasteiger partial charge is 0.249 e. The molecule has 2 aromatic carbocycles. The van der Waals surface area contributed by atoms with E-state index in [-0.39, 0.29) is 0 Å². The molecule has 0 radical (unpaired) electrons. The first-order chi connectivity index (χ1) is 10.2. The molecule has 1 aromatic heterocycles. The molecule has 2 N–H and O–H groups in total. The van der Waals surface area contributed by atoms with E-state index in [0.717, 1.165) is 16.9 Å². The molecule has 0 saturated carbocycles. The molecule has 1 heterocycles. The van der Waals surface area contributed by atoms with E-state index in [1.807, 2.05) is 48.5 Å². The molecule has 21 heavy (non-hydrogen) atoms.